The molecule has 0 aromatic carbocycles. The molecule has 0 aromatic rings. The molecule has 0 saturated heterocycles. The summed E-state index contributed by atoms with van der Waals surface area (Å²) in [5, 5.41) is 0. The van der Waals surface area contributed by atoms with Crippen molar-refractivity contribution in [2.75, 3.05) is 0 Å². The molecule has 0 fully saturated rings. The Morgan fingerprint density at radius 1 is 1.33 bits per heavy atom. The second kappa shape index (κ2) is 5.40. The van der Waals surface area contributed by atoms with Gasteiger partial charge in [-0.15, -0.1) is 6.58 Å². The van der Waals surface area contributed by atoms with Gasteiger partial charge in [-0.1, -0.05) is 40.2 Å². The van der Waals surface area contributed by atoms with E-state index in [9.17, 15) is 0 Å². The van der Waals surface area contributed by atoms with Gasteiger partial charge in [-0.25, -0.2) is 0 Å². The Kier molecular flexibility index (Phi) is 5.28. The monoisotopic (exact) mass is 168 g/mol. The van der Waals surface area contributed by atoms with E-state index in [1.165, 1.54) is 25.7 Å². The molecule has 1 unspecified atom stereocenters. The Morgan fingerprint density at radius 2 is 1.92 bits per heavy atom. The lowest BCUT2D eigenvalue weighted by molar-refractivity contribution is 0.294. The number of hydrogen-bond donors (Lipinski definition) is 0. The summed E-state index contributed by atoms with van der Waals surface area (Å²) in [5.74, 6) is 0.866. The molecule has 0 aromatic heterocycles. The molecule has 72 valence electrons. The summed E-state index contributed by atoms with van der Waals surface area (Å²) in [6, 6.07) is 0. The fourth-order valence-electron chi connectivity index (χ4n) is 1.76. The summed E-state index contributed by atoms with van der Waals surface area (Å²) in [7, 11) is 0. The van der Waals surface area contributed by atoms with E-state index in [0.29, 0.717) is 5.41 Å². The normalized spacial score (nSPS) is 14.3. The summed E-state index contributed by atoms with van der Waals surface area (Å²) in [6.45, 7) is 13.0. The Balaban J connectivity index is 3.46. The smallest absolute Gasteiger partial charge is 0.0353 e. The molecule has 0 aliphatic carbocycles. The molecule has 0 nitrogen and oxygen atoms in total. The Hall–Kier alpha value is -0.260. The van der Waals surface area contributed by atoms with Crippen LogP contribution in [-0.4, -0.2) is 0 Å². The molecular weight excluding hydrogens is 144 g/mol. The van der Waals surface area contributed by atoms with Crippen LogP contribution in [0.2, 0.25) is 0 Å². The zero-order chi connectivity index (χ0) is 9.61. The van der Waals surface area contributed by atoms with Crippen molar-refractivity contribution in [3.8, 4) is 0 Å². The highest BCUT2D eigenvalue weighted by molar-refractivity contribution is 4.69. The van der Waals surface area contributed by atoms with Crippen LogP contribution in [0.15, 0.2) is 12.7 Å². The van der Waals surface area contributed by atoms with E-state index >= 15 is 0 Å². The van der Waals surface area contributed by atoms with Crippen molar-refractivity contribution in [3.63, 3.8) is 0 Å². The maximum atomic E-state index is 3.73. The minimum Gasteiger partial charge on any atom is -0.103 e. The fraction of sp³-hybridized carbons (Fsp3) is 0.833. The molecule has 0 rings (SSSR count). The molecule has 0 radical (unpaired) electrons. The van der Waals surface area contributed by atoms with Gasteiger partial charge in [-0.2, -0.15) is 0 Å². The van der Waals surface area contributed by atoms with Crippen LogP contribution in [0.1, 0.15) is 53.4 Å². The Morgan fingerprint density at radius 3 is 2.33 bits per heavy atom. The predicted octanol–water partition coefficient (Wildman–Crippen LogP) is 4.42. The highest BCUT2D eigenvalue weighted by atomic mass is 14.2. The second-order valence-electron chi connectivity index (χ2n) is 5.09. The first kappa shape index (κ1) is 11.7. The van der Waals surface area contributed by atoms with Crippen LogP contribution in [0.4, 0.5) is 0 Å². The van der Waals surface area contributed by atoms with E-state index in [1.807, 2.05) is 6.08 Å². The molecule has 0 amide bonds. The molecule has 1 atom stereocenters. The van der Waals surface area contributed by atoms with Crippen molar-refractivity contribution in [2.24, 2.45) is 11.3 Å². The summed E-state index contributed by atoms with van der Waals surface area (Å²) in [4.78, 5) is 0. The largest absolute Gasteiger partial charge is 0.103 e. The van der Waals surface area contributed by atoms with E-state index in [4.69, 9.17) is 0 Å². The van der Waals surface area contributed by atoms with Crippen LogP contribution >= 0.6 is 0 Å². The first-order valence-corrected chi connectivity index (χ1v) is 5.06. The first-order valence-electron chi connectivity index (χ1n) is 5.06. The highest BCUT2D eigenvalue weighted by Crippen LogP contribution is 2.26. The zero-order valence-electron chi connectivity index (χ0n) is 9.19. The summed E-state index contributed by atoms with van der Waals surface area (Å²) < 4.78 is 0. The lowest BCUT2D eigenvalue weighted by Gasteiger charge is -2.22. The zero-order valence-corrected chi connectivity index (χ0v) is 9.19. The molecule has 0 aliphatic heterocycles. The van der Waals surface area contributed by atoms with Crippen LogP contribution in [0, 0.1) is 11.3 Å². The van der Waals surface area contributed by atoms with Crippen LogP contribution in [0.25, 0.3) is 0 Å². The summed E-state index contributed by atoms with van der Waals surface area (Å²) >= 11 is 0. The molecule has 0 heterocycles. The van der Waals surface area contributed by atoms with Gasteiger partial charge >= 0.3 is 0 Å². The number of unbranched alkanes of at least 4 members (excludes halogenated alkanes) is 1. The standard InChI is InChI=1S/C12H24/c1-6-7-8-9-11(2)10-12(3,4)5/h6,11H,1,7-10H2,2-5H3. The quantitative estimate of drug-likeness (QED) is 0.421. The summed E-state index contributed by atoms with van der Waals surface area (Å²) in [6.07, 6.45) is 7.19. The average molecular weight is 168 g/mol. The van der Waals surface area contributed by atoms with Crippen molar-refractivity contribution < 1.29 is 0 Å². The number of rotatable bonds is 5. The van der Waals surface area contributed by atoms with Gasteiger partial charge in [-0.3, -0.25) is 0 Å². The van der Waals surface area contributed by atoms with Crippen molar-refractivity contribution in [1.29, 1.82) is 0 Å². The van der Waals surface area contributed by atoms with Gasteiger partial charge in [0.1, 0.15) is 0 Å². The van der Waals surface area contributed by atoms with Gasteiger partial charge in [0.25, 0.3) is 0 Å². The number of hydrogen-bond acceptors (Lipinski definition) is 0. The molecule has 0 spiro atoms. The van der Waals surface area contributed by atoms with Crippen molar-refractivity contribution >= 4 is 0 Å². The minimum absolute atomic E-state index is 0.494. The first-order chi connectivity index (χ1) is 5.45. The van der Waals surface area contributed by atoms with Crippen LogP contribution in [0.5, 0.6) is 0 Å². The molecule has 0 heteroatoms. The van der Waals surface area contributed by atoms with Gasteiger partial charge in [0.05, 0.1) is 0 Å². The third-order valence-corrected chi connectivity index (χ3v) is 2.07. The van der Waals surface area contributed by atoms with Crippen molar-refractivity contribution in [1.82, 2.24) is 0 Å². The fourth-order valence-corrected chi connectivity index (χ4v) is 1.76. The van der Waals surface area contributed by atoms with Gasteiger partial charge in [0.15, 0.2) is 0 Å². The lowest BCUT2D eigenvalue weighted by atomic mass is 9.83. The van der Waals surface area contributed by atoms with E-state index in [2.05, 4.69) is 34.3 Å². The minimum atomic E-state index is 0.494. The third-order valence-electron chi connectivity index (χ3n) is 2.07. The van der Waals surface area contributed by atoms with Crippen LogP contribution in [0.3, 0.4) is 0 Å². The molecule has 0 saturated carbocycles. The number of allylic oxidation sites excluding steroid dienone is 1. The topological polar surface area (TPSA) is 0 Å². The molecule has 12 heavy (non-hydrogen) atoms. The maximum Gasteiger partial charge on any atom is -0.0353 e. The molecule has 0 aliphatic rings. The van der Waals surface area contributed by atoms with Gasteiger partial charge < -0.3 is 0 Å². The predicted molar refractivity (Wildman–Crippen MR) is 57.3 cm³/mol. The van der Waals surface area contributed by atoms with Crippen molar-refractivity contribution in [3.05, 3.63) is 12.7 Å². The van der Waals surface area contributed by atoms with E-state index in [-0.39, 0.29) is 0 Å². The molecule has 0 N–H and O–H groups in total. The lowest BCUT2D eigenvalue weighted by Crippen LogP contribution is -2.10. The highest BCUT2D eigenvalue weighted by Gasteiger charge is 2.14. The Labute approximate surface area is 78.1 Å². The third kappa shape index (κ3) is 7.84. The average Bonchev–Trinajstić information content (AvgIpc) is 1.84. The second-order valence-corrected chi connectivity index (χ2v) is 5.09. The van der Waals surface area contributed by atoms with Crippen molar-refractivity contribution in [2.45, 2.75) is 53.4 Å². The molecular formula is C12H24. The van der Waals surface area contributed by atoms with Crippen LogP contribution in [-0.2, 0) is 0 Å². The van der Waals surface area contributed by atoms with E-state index in [1.54, 1.807) is 0 Å². The van der Waals surface area contributed by atoms with E-state index in [0.717, 1.165) is 5.92 Å². The van der Waals surface area contributed by atoms with Gasteiger partial charge in [0.2, 0.25) is 0 Å². The summed E-state index contributed by atoms with van der Waals surface area (Å²) in [5.41, 5.74) is 0.494. The van der Waals surface area contributed by atoms with Gasteiger partial charge in [0, 0.05) is 0 Å². The molecule has 0 bridgehead atoms. The Bertz CT molecular complexity index is 116. The SMILES string of the molecule is C=CCCCC(C)CC(C)(C)C. The van der Waals surface area contributed by atoms with Crippen LogP contribution < -0.4 is 0 Å². The van der Waals surface area contributed by atoms with E-state index < -0.39 is 0 Å². The maximum absolute atomic E-state index is 3.73. The van der Waals surface area contributed by atoms with Gasteiger partial charge in [-0.05, 0) is 30.6 Å².